The number of benzene rings is 1. The molecule has 1 aromatic heterocycles. The third-order valence-electron chi connectivity index (χ3n) is 2.59. The van der Waals surface area contributed by atoms with Gasteiger partial charge in [-0.1, -0.05) is 0 Å². The van der Waals surface area contributed by atoms with Crippen molar-refractivity contribution in [2.24, 2.45) is 0 Å². The highest BCUT2D eigenvalue weighted by molar-refractivity contribution is 7.92. The van der Waals surface area contributed by atoms with Gasteiger partial charge in [-0.3, -0.25) is 19.9 Å². The second-order valence-electron chi connectivity index (χ2n) is 4.06. The summed E-state index contributed by atoms with van der Waals surface area (Å²) in [6.45, 7) is 2.19. The molecule has 2 rings (SSSR count). The van der Waals surface area contributed by atoms with Gasteiger partial charge >= 0.3 is 0 Å². The number of sulfonamides is 1. The Balaban J connectivity index is 2.39. The summed E-state index contributed by atoms with van der Waals surface area (Å²) in [6.07, 6.45) is 2.70. The van der Waals surface area contributed by atoms with E-state index in [1.54, 1.807) is 6.92 Å². The van der Waals surface area contributed by atoms with Crippen LogP contribution >= 0.6 is 0 Å². The summed E-state index contributed by atoms with van der Waals surface area (Å²) < 4.78 is 26.7. The fourth-order valence-electron chi connectivity index (χ4n) is 1.69. The average molecular weight is 311 g/mol. The SMILES string of the molecule is CCNc1cc(S(=O)(=O)Nc2cn[nH]c2)ccc1[N+](=O)[O-]. The number of aromatic nitrogens is 2. The molecule has 0 aliphatic carbocycles. The maximum Gasteiger partial charge on any atom is 0.292 e. The molecule has 3 N–H and O–H groups in total. The van der Waals surface area contributed by atoms with Crippen LogP contribution < -0.4 is 10.0 Å². The zero-order valence-corrected chi connectivity index (χ0v) is 11.8. The standard InChI is InChI=1S/C11H13N5O4S/c1-2-12-10-5-9(3-4-11(10)16(17)18)21(19,20)15-8-6-13-14-7-8/h3-7,12,15H,2H2,1H3,(H,13,14). The van der Waals surface area contributed by atoms with Gasteiger partial charge in [0.1, 0.15) is 5.69 Å². The topological polar surface area (TPSA) is 130 Å². The molecule has 0 atom stereocenters. The second kappa shape index (κ2) is 5.79. The van der Waals surface area contributed by atoms with Gasteiger partial charge in [0.05, 0.1) is 21.7 Å². The summed E-state index contributed by atoms with van der Waals surface area (Å²) in [6, 6.07) is 3.56. The molecule has 21 heavy (non-hydrogen) atoms. The van der Waals surface area contributed by atoms with Crippen LogP contribution in [0.4, 0.5) is 17.1 Å². The summed E-state index contributed by atoms with van der Waals surface area (Å²) in [5, 5.41) is 19.8. The van der Waals surface area contributed by atoms with Crippen LogP contribution in [0.2, 0.25) is 0 Å². The molecule has 10 heteroatoms. The van der Waals surface area contributed by atoms with Gasteiger partial charge in [0, 0.05) is 18.8 Å². The Bertz CT molecular complexity index is 742. The number of nitrogens with one attached hydrogen (secondary N) is 3. The average Bonchev–Trinajstić information content (AvgIpc) is 2.91. The van der Waals surface area contributed by atoms with Gasteiger partial charge in [-0.25, -0.2) is 8.42 Å². The minimum Gasteiger partial charge on any atom is -0.380 e. The molecule has 1 heterocycles. The molecule has 0 amide bonds. The van der Waals surface area contributed by atoms with Crippen LogP contribution in [-0.2, 0) is 10.0 Å². The summed E-state index contributed by atoms with van der Waals surface area (Å²) in [7, 11) is -3.84. The quantitative estimate of drug-likeness (QED) is 0.548. The Kier molecular flexibility index (Phi) is 4.08. The Morgan fingerprint density at radius 1 is 1.43 bits per heavy atom. The third-order valence-corrected chi connectivity index (χ3v) is 3.97. The maximum absolute atomic E-state index is 12.2. The van der Waals surface area contributed by atoms with Crippen molar-refractivity contribution in [3.8, 4) is 0 Å². The number of nitrogens with zero attached hydrogens (tertiary/aromatic N) is 2. The number of anilines is 2. The smallest absolute Gasteiger partial charge is 0.292 e. The van der Waals surface area contributed by atoms with E-state index in [0.717, 1.165) is 6.07 Å². The van der Waals surface area contributed by atoms with E-state index in [2.05, 4.69) is 20.2 Å². The monoisotopic (exact) mass is 311 g/mol. The van der Waals surface area contributed by atoms with Crippen molar-refractivity contribution in [2.45, 2.75) is 11.8 Å². The maximum atomic E-state index is 12.2. The highest BCUT2D eigenvalue weighted by Crippen LogP contribution is 2.28. The number of nitro benzene ring substituents is 1. The van der Waals surface area contributed by atoms with E-state index in [4.69, 9.17) is 0 Å². The van der Waals surface area contributed by atoms with E-state index in [0.29, 0.717) is 6.54 Å². The van der Waals surface area contributed by atoms with Gasteiger partial charge in [0.25, 0.3) is 15.7 Å². The molecule has 0 bridgehead atoms. The summed E-state index contributed by atoms with van der Waals surface area (Å²) >= 11 is 0. The Labute approximate surface area is 120 Å². The van der Waals surface area contributed by atoms with Crippen LogP contribution in [0.1, 0.15) is 6.92 Å². The number of rotatable bonds is 6. The van der Waals surface area contributed by atoms with Crippen molar-refractivity contribution in [2.75, 3.05) is 16.6 Å². The largest absolute Gasteiger partial charge is 0.380 e. The lowest BCUT2D eigenvalue weighted by Gasteiger charge is -2.09. The molecule has 1 aromatic carbocycles. The van der Waals surface area contributed by atoms with Gasteiger partial charge in [0.15, 0.2) is 0 Å². The molecule has 0 unspecified atom stereocenters. The van der Waals surface area contributed by atoms with Crippen LogP contribution in [-0.4, -0.2) is 30.1 Å². The molecule has 112 valence electrons. The van der Waals surface area contributed by atoms with Gasteiger partial charge < -0.3 is 5.32 Å². The van der Waals surface area contributed by atoms with E-state index in [9.17, 15) is 18.5 Å². The fraction of sp³-hybridized carbons (Fsp3) is 0.182. The number of hydrogen-bond acceptors (Lipinski definition) is 6. The normalized spacial score (nSPS) is 11.1. The highest BCUT2D eigenvalue weighted by atomic mass is 32.2. The van der Waals surface area contributed by atoms with Crippen LogP contribution in [0.5, 0.6) is 0 Å². The van der Waals surface area contributed by atoms with E-state index in [1.165, 1.54) is 24.5 Å². The molecule has 0 aliphatic heterocycles. The molecule has 0 spiro atoms. The van der Waals surface area contributed by atoms with Crippen molar-refractivity contribution in [3.05, 3.63) is 40.7 Å². The number of aromatic amines is 1. The predicted molar refractivity (Wildman–Crippen MR) is 76.7 cm³/mol. The molecule has 9 nitrogen and oxygen atoms in total. The zero-order chi connectivity index (χ0) is 15.5. The van der Waals surface area contributed by atoms with Crippen LogP contribution in [0, 0.1) is 10.1 Å². The van der Waals surface area contributed by atoms with Crippen molar-refractivity contribution in [1.29, 1.82) is 0 Å². The number of nitro groups is 1. The van der Waals surface area contributed by atoms with Gasteiger partial charge in [0.2, 0.25) is 0 Å². The Hall–Kier alpha value is -2.62. The lowest BCUT2D eigenvalue weighted by molar-refractivity contribution is -0.384. The first-order valence-electron chi connectivity index (χ1n) is 5.98. The van der Waals surface area contributed by atoms with Crippen molar-refractivity contribution < 1.29 is 13.3 Å². The molecule has 0 saturated heterocycles. The lowest BCUT2D eigenvalue weighted by atomic mass is 10.2. The summed E-state index contributed by atoms with van der Waals surface area (Å²) in [4.78, 5) is 10.3. The molecule has 2 aromatic rings. The summed E-state index contributed by atoms with van der Waals surface area (Å²) in [5.74, 6) is 0. The predicted octanol–water partition coefficient (Wildman–Crippen LogP) is 1.55. The highest BCUT2D eigenvalue weighted by Gasteiger charge is 2.20. The molecule has 0 aliphatic rings. The van der Waals surface area contributed by atoms with E-state index < -0.39 is 14.9 Å². The Morgan fingerprint density at radius 2 is 2.19 bits per heavy atom. The van der Waals surface area contributed by atoms with Crippen molar-refractivity contribution in [3.63, 3.8) is 0 Å². The molecule has 0 saturated carbocycles. The minimum absolute atomic E-state index is 0.0785. The van der Waals surface area contributed by atoms with Gasteiger partial charge in [-0.15, -0.1) is 0 Å². The van der Waals surface area contributed by atoms with Crippen molar-refractivity contribution >= 4 is 27.1 Å². The van der Waals surface area contributed by atoms with Crippen LogP contribution in [0.3, 0.4) is 0 Å². The van der Waals surface area contributed by atoms with Crippen LogP contribution in [0.15, 0.2) is 35.5 Å². The zero-order valence-electron chi connectivity index (χ0n) is 11.0. The minimum atomic E-state index is -3.84. The molecular formula is C11H13N5O4S. The van der Waals surface area contributed by atoms with Gasteiger partial charge in [-0.05, 0) is 19.1 Å². The number of H-pyrrole nitrogens is 1. The Morgan fingerprint density at radius 3 is 2.76 bits per heavy atom. The van der Waals surface area contributed by atoms with E-state index in [1.807, 2.05) is 0 Å². The molecule has 0 radical (unpaired) electrons. The first kappa shape index (κ1) is 14.8. The molecule has 0 fully saturated rings. The molecular weight excluding hydrogens is 298 g/mol. The first-order valence-corrected chi connectivity index (χ1v) is 7.46. The lowest BCUT2D eigenvalue weighted by Crippen LogP contribution is -2.13. The van der Waals surface area contributed by atoms with Crippen molar-refractivity contribution in [1.82, 2.24) is 10.2 Å². The van der Waals surface area contributed by atoms with E-state index in [-0.39, 0.29) is 22.0 Å². The summed E-state index contributed by atoms with van der Waals surface area (Å²) in [5.41, 5.74) is 0.245. The first-order chi connectivity index (χ1) is 9.94. The fourth-order valence-corrected chi connectivity index (χ4v) is 2.75. The van der Waals surface area contributed by atoms with Crippen LogP contribution in [0.25, 0.3) is 0 Å². The number of hydrogen-bond donors (Lipinski definition) is 3. The van der Waals surface area contributed by atoms with E-state index >= 15 is 0 Å². The van der Waals surface area contributed by atoms with Gasteiger partial charge in [-0.2, -0.15) is 5.10 Å². The second-order valence-corrected chi connectivity index (χ2v) is 5.74. The third kappa shape index (κ3) is 3.28.